The molecule has 28 heavy (non-hydrogen) atoms. The number of carbonyl (C=O) groups excluding carboxylic acids is 1. The fourth-order valence-corrected chi connectivity index (χ4v) is 3.68. The Morgan fingerprint density at radius 2 is 2.18 bits per heavy atom. The number of carbonyl (C=O) groups is 1. The molecule has 3 heterocycles. The molecule has 1 N–H and O–H groups in total. The van der Waals surface area contributed by atoms with E-state index in [2.05, 4.69) is 16.4 Å². The van der Waals surface area contributed by atoms with Gasteiger partial charge in [-0.25, -0.2) is 9.78 Å². The molecule has 1 atom stereocenters. The van der Waals surface area contributed by atoms with Crippen molar-refractivity contribution in [1.82, 2.24) is 19.4 Å². The summed E-state index contributed by atoms with van der Waals surface area (Å²) in [6.07, 6.45) is 2.98. The van der Waals surface area contributed by atoms with Crippen molar-refractivity contribution in [2.24, 2.45) is 0 Å². The highest BCUT2D eigenvalue weighted by atomic mass is 16.5. The topological polar surface area (TPSA) is 78.2 Å². The molecule has 0 unspecified atom stereocenters. The van der Waals surface area contributed by atoms with E-state index in [-0.39, 0.29) is 17.7 Å². The molecule has 3 aromatic rings. The molecule has 0 aliphatic carbocycles. The maximum absolute atomic E-state index is 13.1. The van der Waals surface area contributed by atoms with Crippen LogP contribution in [-0.4, -0.2) is 39.3 Å². The van der Waals surface area contributed by atoms with Crippen LogP contribution in [0.25, 0.3) is 11.2 Å². The molecule has 1 fully saturated rings. The molecular formula is C21H24N4O3. The summed E-state index contributed by atoms with van der Waals surface area (Å²) in [5, 5.41) is 2.87. The van der Waals surface area contributed by atoms with Crippen molar-refractivity contribution in [3.05, 3.63) is 64.2 Å². The molecule has 1 aliphatic rings. The van der Waals surface area contributed by atoms with E-state index in [1.54, 1.807) is 15.3 Å². The van der Waals surface area contributed by atoms with Crippen molar-refractivity contribution < 1.29 is 9.53 Å². The molecular weight excluding hydrogens is 356 g/mol. The zero-order chi connectivity index (χ0) is 19.5. The van der Waals surface area contributed by atoms with Crippen LogP contribution < -0.4 is 11.0 Å². The first-order valence-electron chi connectivity index (χ1n) is 9.62. The first-order chi connectivity index (χ1) is 13.6. The summed E-state index contributed by atoms with van der Waals surface area (Å²) in [7, 11) is 0. The molecule has 1 aromatic carbocycles. The number of aromatic nitrogens is 3. The summed E-state index contributed by atoms with van der Waals surface area (Å²) in [6.45, 7) is 3.88. The van der Waals surface area contributed by atoms with Crippen molar-refractivity contribution >= 4 is 17.1 Å². The third kappa shape index (κ3) is 3.71. The van der Waals surface area contributed by atoms with E-state index in [0.29, 0.717) is 31.9 Å². The molecule has 146 valence electrons. The number of hydrogen-bond acceptors (Lipinski definition) is 4. The van der Waals surface area contributed by atoms with Crippen molar-refractivity contribution in [2.45, 2.75) is 39.0 Å². The van der Waals surface area contributed by atoms with Crippen molar-refractivity contribution in [3.63, 3.8) is 0 Å². The van der Waals surface area contributed by atoms with Gasteiger partial charge >= 0.3 is 5.69 Å². The van der Waals surface area contributed by atoms with Crippen LogP contribution in [-0.2, 0) is 22.6 Å². The Labute approximate surface area is 163 Å². The second kappa shape index (κ2) is 7.98. The van der Waals surface area contributed by atoms with Crippen LogP contribution in [0.15, 0.2) is 47.4 Å². The lowest BCUT2D eigenvalue weighted by molar-refractivity contribution is -0.130. The first-order valence-corrected chi connectivity index (χ1v) is 9.62. The number of fused-ring (bicyclic) bond motifs is 1. The monoisotopic (exact) mass is 380 g/mol. The summed E-state index contributed by atoms with van der Waals surface area (Å²) in [4.78, 5) is 29.6. The SMILES string of the molecule is Cc1cccc(Cn2c(=O)n(CCNC(=O)[C@@H]3CCCO3)c3ncccc32)c1. The van der Waals surface area contributed by atoms with Gasteiger partial charge in [0.15, 0.2) is 5.65 Å². The summed E-state index contributed by atoms with van der Waals surface area (Å²) in [6, 6.07) is 11.9. The van der Waals surface area contributed by atoms with Gasteiger partial charge in [0.2, 0.25) is 5.91 Å². The Kier molecular flexibility index (Phi) is 5.25. The van der Waals surface area contributed by atoms with Gasteiger partial charge in [-0.1, -0.05) is 29.8 Å². The number of ether oxygens (including phenoxy) is 1. The Morgan fingerprint density at radius 3 is 2.96 bits per heavy atom. The van der Waals surface area contributed by atoms with Gasteiger partial charge in [-0.15, -0.1) is 0 Å². The van der Waals surface area contributed by atoms with E-state index in [9.17, 15) is 9.59 Å². The number of pyridine rings is 1. The van der Waals surface area contributed by atoms with Crippen molar-refractivity contribution in [2.75, 3.05) is 13.2 Å². The van der Waals surface area contributed by atoms with Crippen LogP contribution in [0.5, 0.6) is 0 Å². The zero-order valence-corrected chi connectivity index (χ0v) is 15.9. The van der Waals surface area contributed by atoms with Gasteiger partial charge in [-0.2, -0.15) is 0 Å². The molecule has 0 radical (unpaired) electrons. The summed E-state index contributed by atoms with van der Waals surface area (Å²) >= 11 is 0. The number of hydrogen-bond donors (Lipinski definition) is 1. The minimum atomic E-state index is -0.363. The Morgan fingerprint density at radius 1 is 1.29 bits per heavy atom. The normalized spacial score (nSPS) is 16.5. The average molecular weight is 380 g/mol. The number of benzene rings is 1. The van der Waals surface area contributed by atoms with E-state index in [1.807, 2.05) is 37.3 Å². The van der Waals surface area contributed by atoms with Crippen LogP contribution in [0, 0.1) is 6.92 Å². The average Bonchev–Trinajstić information content (AvgIpc) is 3.31. The predicted octanol–water partition coefficient (Wildman–Crippen LogP) is 1.85. The highest BCUT2D eigenvalue weighted by Crippen LogP contribution is 2.14. The second-order valence-corrected chi connectivity index (χ2v) is 7.15. The van der Waals surface area contributed by atoms with Gasteiger partial charge in [-0.3, -0.25) is 13.9 Å². The lowest BCUT2D eigenvalue weighted by Gasteiger charge is -2.10. The lowest BCUT2D eigenvalue weighted by atomic mass is 10.1. The molecule has 1 aliphatic heterocycles. The summed E-state index contributed by atoms with van der Waals surface area (Å²) in [5.41, 5.74) is 3.52. The number of nitrogens with one attached hydrogen (secondary N) is 1. The Hall–Kier alpha value is -2.93. The van der Waals surface area contributed by atoms with Crippen LogP contribution >= 0.6 is 0 Å². The van der Waals surface area contributed by atoms with Gasteiger partial charge < -0.3 is 10.1 Å². The second-order valence-electron chi connectivity index (χ2n) is 7.15. The molecule has 1 amide bonds. The van der Waals surface area contributed by atoms with Crippen LogP contribution in [0.4, 0.5) is 0 Å². The van der Waals surface area contributed by atoms with Crippen molar-refractivity contribution in [3.8, 4) is 0 Å². The molecule has 1 saturated heterocycles. The zero-order valence-electron chi connectivity index (χ0n) is 15.9. The third-order valence-electron chi connectivity index (χ3n) is 5.05. The van der Waals surface area contributed by atoms with E-state index >= 15 is 0 Å². The number of aryl methyl sites for hydroxylation is 1. The van der Waals surface area contributed by atoms with Crippen LogP contribution in [0.2, 0.25) is 0 Å². The molecule has 7 nitrogen and oxygen atoms in total. The molecule has 0 saturated carbocycles. The Bertz CT molecular complexity index is 1050. The first kappa shape index (κ1) is 18.4. The van der Waals surface area contributed by atoms with Gasteiger partial charge in [-0.05, 0) is 37.5 Å². The van der Waals surface area contributed by atoms with Crippen LogP contribution in [0.3, 0.4) is 0 Å². The highest BCUT2D eigenvalue weighted by molar-refractivity contribution is 5.81. The van der Waals surface area contributed by atoms with Gasteiger partial charge in [0.25, 0.3) is 0 Å². The number of rotatable bonds is 6. The molecule has 0 bridgehead atoms. The fourth-order valence-electron chi connectivity index (χ4n) is 3.68. The van der Waals surface area contributed by atoms with Gasteiger partial charge in [0, 0.05) is 25.9 Å². The molecule has 2 aromatic heterocycles. The van der Waals surface area contributed by atoms with Crippen LogP contribution in [0.1, 0.15) is 24.0 Å². The van der Waals surface area contributed by atoms with Gasteiger partial charge in [0.05, 0.1) is 12.1 Å². The quantitative estimate of drug-likeness (QED) is 0.708. The minimum Gasteiger partial charge on any atom is -0.368 e. The highest BCUT2D eigenvalue weighted by Gasteiger charge is 2.23. The lowest BCUT2D eigenvalue weighted by Crippen LogP contribution is -2.37. The standard InChI is InChI=1S/C21H24N4O3/c1-15-5-2-6-16(13-15)14-25-17-7-3-9-22-19(17)24(21(25)27)11-10-23-20(26)18-8-4-12-28-18/h2-3,5-7,9,13,18H,4,8,10-12,14H2,1H3,(H,23,26)/t18-/m0/s1. The van der Waals surface area contributed by atoms with E-state index in [1.165, 1.54) is 0 Å². The third-order valence-corrected chi connectivity index (χ3v) is 5.05. The summed E-state index contributed by atoms with van der Waals surface area (Å²) in [5.74, 6) is -0.109. The Balaban J connectivity index is 1.56. The predicted molar refractivity (Wildman–Crippen MR) is 106 cm³/mol. The number of nitrogens with zero attached hydrogens (tertiary/aromatic N) is 3. The van der Waals surface area contributed by atoms with E-state index in [0.717, 1.165) is 29.5 Å². The fraction of sp³-hybridized carbons (Fsp3) is 0.381. The molecule has 7 heteroatoms. The van der Waals surface area contributed by atoms with Gasteiger partial charge in [0.1, 0.15) is 6.10 Å². The van der Waals surface area contributed by atoms with E-state index < -0.39 is 0 Å². The minimum absolute atomic E-state index is 0.109. The number of imidazole rings is 1. The largest absolute Gasteiger partial charge is 0.368 e. The molecule has 0 spiro atoms. The van der Waals surface area contributed by atoms with E-state index in [4.69, 9.17) is 4.74 Å². The number of amides is 1. The molecule has 4 rings (SSSR count). The van der Waals surface area contributed by atoms with Crippen molar-refractivity contribution in [1.29, 1.82) is 0 Å². The summed E-state index contributed by atoms with van der Waals surface area (Å²) < 4.78 is 8.76. The maximum atomic E-state index is 13.1. The smallest absolute Gasteiger partial charge is 0.330 e. The maximum Gasteiger partial charge on any atom is 0.330 e.